The van der Waals surface area contributed by atoms with E-state index in [1.165, 1.54) is 25.9 Å². The summed E-state index contributed by atoms with van der Waals surface area (Å²) in [6.07, 6.45) is 4.54. The van der Waals surface area contributed by atoms with E-state index in [1.807, 2.05) is 25.1 Å². The Kier molecular flexibility index (Phi) is 10.4. The molecule has 2 fully saturated rings. The number of nitrogens with zero attached hydrogens (tertiary/aromatic N) is 3. The first-order valence-corrected chi connectivity index (χ1v) is 18.0. The summed E-state index contributed by atoms with van der Waals surface area (Å²) in [6, 6.07) is 15.3. The van der Waals surface area contributed by atoms with Gasteiger partial charge in [0, 0.05) is 31.8 Å². The molecule has 5 rings (SSSR count). The monoisotopic (exact) mass is 722 g/mol. The number of hydrogen-bond donors (Lipinski definition) is 1. The van der Waals surface area contributed by atoms with Gasteiger partial charge in [-0.05, 0) is 107 Å². The van der Waals surface area contributed by atoms with Crippen LogP contribution in [-0.2, 0) is 14.8 Å². The summed E-state index contributed by atoms with van der Waals surface area (Å²) < 4.78 is 33.1. The number of sulfonamides is 1. The van der Waals surface area contributed by atoms with Crippen LogP contribution >= 0.6 is 43.2 Å². The van der Waals surface area contributed by atoms with Gasteiger partial charge in [0.05, 0.1) is 25.4 Å². The molecule has 3 heterocycles. The molecule has 0 bridgehead atoms. The van der Waals surface area contributed by atoms with E-state index >= 15 is 0 Å². The Morgan fingerprint density at radius 2 is 1.76 bits per heavy atom. The van der Waals surface area contributed by atoms with E-state index in [-0.39, 0.29) is 4.90 Å². The van der Waals surface area contributed by atoms with Crippen LogP contribution in [0.3, 0.4) is 0 Å². The van der Waals surface area contributed by atoms with Crippen LogP contribution in [0.15, 0.2) is 66.0 Å². The smallest absolute Gasteiger partial charge is 0.240 e. The Labute approximate surface area is 264 Å². The summed E-state index contributed by atoms with van der Waals surface area (Å²) in [5.74, 6) is 1.22. The number of hydrogen-bond acceptors (Lipinski definition) is 6. The van der Waals surface area contributed by atoms with E-state index in [0.717, 1.165) is 81.4 Å². The number of aryl methyl sites for hydroxylation is 1. The van der Waals surface area contributed by atoms with Crippen molar-refractivity contribution in [3.05, 3.63) is 67.2 Å². The van der Waals surface area contributed by atoms with Crippen LogP contribution in [0.1, 0.15) is 36.8 Å². The predicted molar refractivity (Wildman–Crippen MR) is 175 cm³/mol. The summed E-state index contributed by atoms with van der Waals surface area (Å²) in [5, 5.41) is 5.63. The average Bonchev–Trinajstić information content (AvgIpc) is 3.57. The van der Waals surface area contributed by atoms with Crippen molar-refractivity contribution in [2.45, 2.75) is 37.5 Å². The summed E-state index contributed by atoms with van der Waals surface area (Å²) in [7, 11) is -3.97. The first kappa shape index (κ1) is 30.8. The fourth-order valence-corrected chi connectivity index (χ4v) is 9.41. The van der Waals surface area contributed by atoms with Gasteiger partial charge in [-0.3, -0.25) is 0 Å². The molecule has 1 aromatic heterocycles. The van der Waals surface area contributed by atoms with Crippen molar-refractivity contribution in [1.82, 2.24) is 9.80 Å². The van der Waals surface area contributed by atoms with Gasteiger partial charge in [0.25, 0.3) is 0 Å². The standard InChI is InChI=1S/C30H36Br2N4O3S2/c1-21-9-10-25(41(33,37)38)24(19-21)34-30(27-26(28(31)40-29(27)32)23-7-3-2-4-8-23)36-15-11-22(12-16-36)20-39-18-17-35-13-5-6-14-35/h2-4,7-10,19,22H,5-6,11-18,20H2,1H3,(H2,33,37,38). The molecule has 0 aliphatic carbocycles. The van der Waals surface area contributed by atoms with Crippen LogP contribution in [0.4, 0.5) is 5.69 Å². The van der Waals surface area contributed by atoms with Gasteiger partial charge in [0.15, 0.2) is 0 Å². The molecule has 2 N–H and O–H groups in total. The van der Waals surface area contributed by atoms with E-state index < -0.39 is 10.0 Å². The molecule has 0 spiro atoms. The highest BCUT2D eigenvalue weighted by Crippen LogP contribution is 2.45. The molecule has 220 valence electrons. The number of aliphatic imine (C=N–C) groups is 1. The first-order chi connectivity index (χ1) is 19.7. The molecule has 7 nitrogen and oxygen atoms in total. The molecular formula is C30H36Br2N4O3S2. The van der Waals surface area contributed by atoms with E-state index in [4.69, 9.17) is 14.9 Å². The molecule has 0 saturated carbocycles. The van der Waals surface area contributed by atoms with Crippen LogP contribution < -0.4 is 5.14 Å². The van der Waals surface area contributed by atoms with Crippen molar-refractivity contribution in [3.63, 3.8) is 0 Å². The minimum absolute atomic E-state index is 0.0218. The van der Waals surface area contributed by atoms with Gasteiger partial charge in [-0.15, -0.1) is 11.3 Å². The van der Waals surface area contributed by atoms with E-state index in [2.05, 4.69) is 53.8 Å². The molecule has 2 aliphatic rings. The second kappa shape index (κ2) is 13.8. The maximum atomic E-state index is 12.5. The van der Waals surface area contributed by atoms with Crippen molar-refractivity contribution in [1.29, 1.82) is 0 Å². The lowest BCUT2D eigenvalue weighted by atomic mass is 9.96. The number of rotatable bonds is 9. The van der Waals surface area contributed by atoms with Crippen molar-refractivity contribution >= 4 is 64.7 Å². The number of thiophene rings is 1. The van der Waals surface area contributed by atoms with E-state index in [1.54, 1.807) is 29.5 Å². The molecule has 41 heavy (non-hydrogen) atoms. The average molecular weight is 725 g/mol. The van der Waals surface area contributed by atoms with Gasteiger partial charge in [0.1, 0.15) is 10.7 Å². The molecule has 2 saturated heterocycles. The Bertz CT molecular complexity index is 1480. The largest absolute Gasteiger partial charge is 0.380 e. The fourth-order valence-electron chi connectivity index (χ4n) is 5.56. The van der Waals surface area contributed by atoms with Crippen molar-refractivity contribution in [2.75, 3.05) is 45.9 Å². The normalized spacial score (nSPS) is 17.5. The zero-order chi connectivity index (χ0) is 29.0. The van der Waals surface area contributed by atoms with Crippen molar-refractivity contribution in [3.8, 4) is 11.1 Å². The van der Waals surface area contributed by atoms with E-state index in [0.29, 0.717) is 11.6 Å². The highest BCUT2D eigenvalue weighted by Gasteiger charge is 2.29. The lowest BCUT2D eigenvalue weighted by molar-refractivity contribution is 0.0656. The summed E-state index contributed by atoms with van der Waals surface area (Å²) in [4.78, 5) is 9.87. The minimum atomic E-state index is -3.97. The topological polar surface area (TPSA) is 88.2 Å². The number of likely N-dealkylation sites (tertiary alicyclic amines) is 2. The van der Waals surface area contributed by atoms with Gasteiger partial charge in [-0.25, -0.2) is 18.5 Å². The summed E-state index contributed by atoms with van der Waals surface area (Å²) >= 11 is 9.19. The van der Waals surface area contributed by atoms with Crippen LogP contribution in [0.2, 0.25) is 0 Å². The Morgan fingerprint density at radius 1 is 1.05 bits per heavy atom. The van der Waals surface area contributed by atoms with Gasteiger partial charge >= 0.3 is 0 Å². The van der Waals surface area contributed by atoms with E-state index in [9.17, 15) is 8.42 Å². The van der Waals surface area contributed by atoms with Gasteiger partial charge < -0.3 is 14.5 Å². The second-order valence-corrected chi connectivity index (χ2v) is 16.0. The molecule has 0 radical (unpaired) electrons. The zero-order valence-corrected chi connectivity index (χ0v) is 28.0. The van der Waals surface area contributed by atoms with Crippen LogP contribution in [-0.4, -0.2) is 70.0 Å². The molecule has 0 amide bonds. The zero-order valence-electron chi connectivity index (χ0n) is 23.2. The number of primary sulfonamides is 1. The fraction of sp³-hybridized carbons (Fsp3) is 0.433. The van der Waals surface area contributed by atoms with Crippen LogP contribution in [0.5, 0.6) is 0 Å². The Hall–Kier alpha value is -1.60. The molecule has 11 heteroatoms. The molecule has 0 atom stereocenters. The number of benzene rings is 2. The Balaban J connectivity index is 1.45. The van der Waals surface area contributed by atoms with Crippen molar-refractivity contribution < 1.29 is 13.2 Å². The number of halogens is 2. The molecule has 2 aromatic carbocycles. The van der Waals surface area contributed by atoms with Crippen LogP contribution in [0.25, 0.3) is 11.1 Å². The number of amidine groups is 1. The maximum absolute atomic E-state index is 12.5. The second-order valence-electron chi connectivity index (χ2n) is 10.8. The molecule has 2 aliphatic heterocycles. The SMILES string of the molecule is Cc1ccc(S(N)(=O)=O)c(N=C(c2c(Br)sc(Br)c2-c2ccccc2)N2CCC(COCCN3CCCC3)CC2)c1. The van der Waals surface area contributed by atoms with Gasteiger partial charge in [-0.2, -0.15) is 0 Å². The van der Waals surface area contributed by atoms with Crippen LogP contribution in [0, 0.1) is 12.8 Å². The third-order valence-corrected chi connectivity index (χ3v) is 11.3. The summed E-state index contributed by atoms with van der Waals surface area (Å²) in [5.41, 5.74) is 4.28. The Morgan fingerprint density at radius 3 is 2.44 bits per heavy atom. The molecular weight excluding hydrogens is 688 g/mol. The highest BCUT2D eigenvalue weighted by molar-refractivity contribution is 9.12. The van der Waals surface area contributed by atoms with Crippen molar-refractivity contribution in [2.24, 2.45) is 16.0 Å². The predicted octanol–water partition coefficient (Wildman–Crippen LogP) is 6.80. The highest BCUT2D eigenvalue weighted by atomic mass is 79.9. The third-order valence-electron chi connectivity index (χ3n) is 7.77. The molecule has 0 unspecified atom stereocenters. The quantitative estimate of drug-likeness (QED) is 0.149. The lowest BCUT2D eigenvalue weighted by Gasteiger charge is -2.34. The maximum Gasteiger partial charge on any atom is 0.240 e. The number of nitrogens with two attached hydrogens (primary N) is 1. The van der Waals surface area contributed by atoms with Gasteiger partial charge in [-0.1, -0.05) is 36.4 Å². The first-order valence-electron chi connectivity index (χ1n) is 14.0. The third kappa shape index (κ3) is 7.68. The minimum Gasteiger partial charge on any atom is -0.380 e. The number of ether oxygens (including phenoxy) is 1. The lowest BCUT2D eigenvalue weighted by Crippen LogP contribution is -2.40. The van der Waals surface area contributed by atoms with Gasteiger partial charge in [0.2, 0.25) is 10.0 Å². The molecule has 3 aromatic rings. The summed E-state index contributed by atoms with van der Waals surface area (Å²) in [6.45, 7) is 8.47. The number of piperidine rings is 1.